The third-order valence-corrected chi connectivity index (χ3v) is 3.98. The van der Waals surface area contributed by atoms with Crippen molar-refractivity contribution >= 4 is 33.7 Å². The number of nitrogens with one attached hydrogen (secondary N) is 2. The number of aromatic hydroxyl groups is 1. The molecule has 0 aliphatic rings. The van der Waals surface area contributed by atoms with Crippen molar-refractivity contribution in [3.63, 3.8) is 0 Å². The molecule has 0 unspecified atom stereocenters. The topological polar surface area (TPSA) is 99.1 Å². The van der Waals surface area contributed by atoms with Crippen LogP contribution in [-0.4, -0.2) is 31.0 Å². The second-order valence-corrected chi connectivity index (χ2v) is 5.86. The molecular weight excluding hydrogens is 316 g/mol. The van der Waals surface area contributed by atoms with E-state index in [1.165, 1.54) is 0 Å². The molecule has 0 radical (unpaired) electrons. The molecule has 3 N–H and O–H groups in total. The molecule has 0 atom stereocenters. The van der Waals surface area contributed by atoms with Crippen LogP contribution in [0.5, 0.6) is 5.75 Å². The predicted octanol–water partition coefficient (Wildman–Crippen LogP) is 3.36. The van der Waals surface area contributed by atoms with Crippen LogP contribution in [0, 0.1) is 6.92 Å². The van der Waals surface area contributed by atoms with Gasteiger partial charge >= 0.3 is 0 Å². The van der Waals surface area contributed by atoms with Gasteiger partial charge < -0.3 is 10.1 Å². The first-order valence-corrected chi connectivity index (χ1v) is 7.82. The molecule has 7 nitrogen and oxygen atoms in total. The van der Waals surface area contributed by atoms with E-state index in [4.69, 9.17) is 0 Å². The monoisotopic (exact) mass is 332 g/mol. The van der Waals surface area contributed by atoms with Gasteiger partial charge in [-0.2, -0.15) is 10.1 Å². The number of fused-ring (bicyclic) bond motifs is 3. The van der Waals surface area contributed by atoms with E-state index in [1.807, 2.05) is 26.0 Å². The van der Waals surface area contributed by atoms with Crippen LogP contribution in [0.3, 0.4) is 0 Å². The van der Waals surface area contributed by atoms with Gasteiger partial charge in [0.05, 0.1) is 5.71 Å². The standard InChI is InChI=1S/C18H16N6O/c1-10-3-8-15-14(9-10)16-17(19-15)20-18(24-22-16)23-21-11(2)12-4-6-13(25)7-5-12/h3-9,25H,1-2H3,(H2,19,20,23,24)/b21-11+. The molecule has 4 rings (SSSR count). The Kier molecular flexibility index (Phi) is 3.53. The van der Waals surface area contributed by atoms with E-state index < -0.39 is 0 Å². The molecular formula is C18H16N6O. The fourth-order valence-electron chi connectivity index (χ4n) is 2.63. The predicted molar refractivity (Wildman–Crippen MR) is 97.9 cm³/mol. The zero-order valence-corrected chi connectivity index (χ0v) is 13.8. The lowest BCUT2D eigenvalue weighted by atomic mass is 10.1. The molecule has 2 heterocycles. The molecule has 25 heavy (non-hydrogen) atoms. The molecule has 0 aliphatic heterocycles. The number of phenolic OH excluding ortho intramolecular Hbond substituents is 1. The molecule has 7 heteroatoms. The van der Waals surface area contributed by atoms with Gasteiger partial charge in [0.1, 0.15) is 11.3 Å². The number of hydrogen-bond acceptors (Lipinski definition) is 6. The first-order chi connectivity index (χ1) is 12.1. The Hall–Kier alpha value is -3.48. The maximum absolute atomic E-state index is 9.34. The van der Waals surface area contributed by atoms with Gasteiger partial charge in [-0.15, -0.1) is 10.2 Å². The average Bonchev–Trinajstić information content (AvgIpc) is 2.97. The summed E-state index contributed by atoms with van der Waals surface area (Å²) in [7, 11) is 0. The van der Waals surface area contributed by atoms with Gasteiger partial charge in [0, 0.05) is 10.9 Å². The van der Waals surface area contributed by atoms with Crippen molar-refractivity contribution in [1.82, 2.24) is 20.2 Å². The summed E-state index contributed by atoms with van der Waals surface area (Å²) >= 11 is 0. The number of aromatic amines is 1. The second-order valence-electron chi connectivity index (χ2n) is 5.86. The normalized spacial score (nSPS) is 12.0. The second kappa shape index (κ2) is 5.86. The van der Waals surface area contributed by atoms with E-state index in [9.17, 15) is 5.11 Å². The summed E-state index contributed by atoms with van der Waals surface area (Å²) in [6, 6.07) is 12.9. The minimum absolute atomic E-state index is 0.219. The van der Waals surface area contributed by atoms with E-state index in [-0.39, 0.29) is 5.75 Å². The maximum atomic E-state index is 9.34. The lowest BCUT2D eigenvalue weighted by Gasteiger charge is -2.02. The molecule has 0 saturated heterocycles. The molecule has 2 aromatic carbocycles. The third-order valence-electron chi connectivity index (χ3n) is 3.98. The Morgan fingerprint density at radius 1 is 1.12 bits per heavy atom. The Morgan fingerprint density at radius 3 is 2.72 bits per heavy atom. The number of rotatable bonds is 3. The SMILES string of the molecule is C/C(=N\Nc1nnc2c(n1)[nH]c1ccc(C)cc12)c1ccc(O)cc1. The Balaban J connectivity index is 1.64. The van der Waals surface area contributed by atoms with Gasteiger partial charge in [-0.3, -0.25) is 0 Å². The largest absolute Gasteiger partial charge is 0.508 e. The number of benzene rings is 2. The summed E-state index contributed by atoms with van der Waals surface area (Å²) in [4.78, 5) is 7.68. The van der Waals surface area contributed by atoms with Crippen LogP contribution in [0.1, 0.15) is 18.1 Å². The lowest BCUT2D eigenvalue weighted by molar-refractivity contribution is 0.475. The number of nitrogens with zero attached hydrogens (tertiary/aromatic N) is 4. The molecule has 0 amide bonds. The number of aryl methyl sites for hydroxylation is 1. The zero-order valence-electron chi connectivity index (χ0n) is 13.8. The van der Waals surface area contributed by atoms with Gasteiger partial charge in [0.25, 0.3) is 5.95 Å². The number of aromatic nitrogens is 4. The van der Waals surface area contributed by atoms with Crippen LogP contribution in [0.15, 0.2) is 47.6 Å². The summed E-state index contributed by atoms with van der Waals surface area (Å²) < 4.78 is 0. The van der Waals surface area contributed by atoms with Gasteiger partial charge in [-0.25, -0.2) is 5.43 Å². The number of anilines is 1. The van der Waals surface area contributed by atoms with Crippen LogP contribution in [0.2, 0.25) is 0 Å². The van der Waals surface area contributed by atoms with Crippen LogP contribution >= 0.6 is 0 Å². The number of hydrogen-bond donors (Lipinski definition) is 3. The van der Waals surface area contributed by atoms with Crippen LogP contribution in [0.4, 0.5) is 5.95 Å². The van der Waals surface area contributed by atoms with Gasteiger partial charge in [0.2, 0.25) is 0 Å². The quantitative estimate of drug-likeness (QED) is 0.395. The van der Waals surface area contributed by atoms with E-state index in [0.29, 0.717) is 11.6 Å². The first-order valence-electron chi connectivity index (χ1n) is 7.82. The number of phenols is 1. The van der Waals surface area contributed by atoms with Crippen molar-refractivity contribution in [3.05, 3.63) is 53.6 Å². The number of H-pyrrole nitrogens is 1. The van der Waals surface area contributed by atoms with Crippen LogP contribution in [0.25, 0.3) is 22.1 Å². The molecule has 0 fully saturated rings. The fraction of sp³-hybridized carbons (Fsp3) is 0.111. The number of hydrazone groups is 1. The first kappa shape index (κ1) is 15.1. The van der Waals surface area contributed by atoms with Crippen molar-refractivity contribution in [3.8, 4) is 5.75 Å². The van der Waals surface area contributed by atoms with Gasteiger partial charge in [-0.05, 0) is 55.8 Å². The lowest BCUT2D eigenvalue weighted by Crippen LogP contribution is -2.03. The molecule has 4 aromatic rings. The summed E-state index contributed by atoms with van der Waals surface area (Å²) in [6.45, 7) is 3.90. The minimum atomic E-state index is 0.219. The van der Waals surface area contributed by atoms with Crippen LogP contribution < -0.4 is 5.43 Å². The summed E-state index contributed by atoms with van der Waals surface area (Å²) in [6.07, 6.45) is 0. The maximum Gasteiger partial charge on any atom is 0.265 e. The highest BCUT2D eigenvalue weighted by atomic mass is 16.3. The van der Waals surface area contributed by atoms with Crippen molar-refractivity contribution in [2.45, 2.75) is 13.8 Å². The highest BCUT2D eigenvalue weighted by Gasteiger charge is 2.09. The van der Waals surface area contributed by atoms with Crippen molar-refractivity contribution in [2.24, 2.45) is 5.10 Å². The van der Waals surface area contributed by atoms with Crippen LogP contribution in [-0.2, 0) is 0 Å². The van der Waals surface area contributed by atoms with Crippen molar-refractivity contribution in [2.75, 3.05) is 5.43 Å². The third kappa shape index (κ3) is 2.87. The van der Waals surface area contributed by atoms with Crippen molar-refractivity contribution < 1.29 is 5.11 Å². The Morgan fingerprint density at radius 2 is 1.92 bits per heavy atom. The Labute approximate surface area is 143 Å². The van der Waals surface area contributed by atoms with Crippen molar-refractivity contribution in [1.29, 1.82) is 0 Å². The summed E-state index contributed by atoms with van der Waals surface area (Å²) in [5.41, 5.74) is 8.00. The van der Waals surface area contributed by atoms with E-state index in [1.54, 1.807) is 24.3 Å². The summed E-state index contributed by atoms with van der Waals surface area (Å²) in [5, 5.41) is 23.0. The van der Waals surface area contributed by atoms with E-state index in [2.05, 4.69) is 36.8 Å². The average molecular weight is 332 g/mol. The van der Waals surface area contributed by atoms with Gasteiger partial charge in [0.15, 0.2) is 5.65 Å². The molecule has 0 saturated carbocycles. The fourth-order valence-corrected chi connectivity index (χ4v) is 2.63. The molecule has 2 aromatic heterocycles. The Bertz CT molecular complexity index is 1100. The molecule has 0 bridgehead atoms. The molecule has 0 spiro atoms. The minimum Gasteiger partial charge on any atom is -0.508 e. The van der Waals surface area contributed by atoms with E-state index in [0.717, 1.165) is 33.3 Å². The van der Waals surface area contributed by atoms with E-state index >= 15 is 0 Å². The molecule has 124 valence electrons. The molecule has 0 aliphatic carbocycles. The summed E-state index contributed by atoms with van der Waals surface area (Å²) in [5.74, 6) is 0.533. The highest BCUT2D eigenvalue weighted by Crippen LogP contribution is 2.23. The zero-order chi connectivity index (χ0) is 17.4. The van der Waals surface area contributed by atoms with Gasteiger partial charge in [-0.1, -0.05) is 11.6 Å². The highest BCUT2D eigenvalue weighted by molar-refractivity contribution is 6.03. The smallest absolute Gasteiger partial charge is 0.265 e.